The van der Waals surface area contributed by atoms with Gasteiger partial charge in [0.2, 0.25) is 0 Å². The van der Waals surface area contributed by atoms with Gasteiger partial charge in [0.25, 0.3) is 5.56 Å². The summed E-state index contributed by atoms with van der Waals surface area (Å²) in [6.45, 7) is 4.74. The van der Waals surface area contributed by atoms with E-state index in [1.807, 2.05) is 59.5 Å². The minimum Gasteiger partial charge on any atom is -0.497 e. The molecule has 1 aromatic carbocycles. The molecule has 0 aliphatic carbocycles. The van der Waals surface area contributed by atoms with Crippen molar-refractivity contribution in [1.82, 2.24) is 28.5 Å². The Kier molecular flexibility index (Phi) is 4.93. The first-order valence-electron chi connectivity index (χ1n) is 10.3. The molecule has 10 heteroatoms. The minimum absolute atomic E-state index is 0.383. The van der Waals surface area contributed by atoms with Crippen LogP contribution in [0.15, 0.2) is 46.2 Å². The number of aromatic amines is 1. The second kappa shape index (κ2) is 7.79. The Morgan fingerprint density at radius 3 is 2.56 bits per heavy atom. The third-order valence-electron chi connectivity index (χ3n) is 5.44. The van der Waals surface area contributed by atoms with Crippen LogP contribution in [-0.4, -0.2) is 35.6 Å². The smallest absolute Gasteiger partial charge is 0.330 e. The lowest BCUT2D eigenvalue weighted by Crippen LogP contribution is -2.30. The van der Waals surface area contributed by atoms with Crippen molar-refractivity contribution in [3.8, 4) is 5.75 Å². The number of hydrogen-bond acceptors (Lipinski definition) is 6. The normalized spacial score (nSPS) is 11.6. The number of fused-ring (bicyclic) bond motifs is 2. The van der Waals surface area contributed by atoms with Gasteiger partial charge in [0, 0.05) is 36.8 Å². The lowest BCUT2D eigenvalue weighted by molar-refractivity contribution is 0.414. The van der Waals surface area contributed by atoms with Gasteiger partial charge in [0.15, 0.2) is 16.1 Å². The van der Waals surface area contributed by atoms with Crippen molar-refractivity contribution in [2.24, 2.45) is 0 Å². The van der Waals surface area contributed by atoms with Crippen LogP contribution in [0.4, 0.5) is 0 Å². The molecule has 0 aliphatic rings. The Morgan fingerprint density at radius 2 is 1.88 bits per heavy atom. The van der Waals surface area contributed by atoms with E-state index >= 15 is 0 Å². The Hall–Kier alpha value is -3.66. The molecular weight excluding hydrogens is 428 g/mol. The number of H-pyrrole nitrogens is 1. The van der Waals surface area contributed by atoms with Gasteiger partial charge in [-0.1, -0.05) is 12.1 Å². The van der Waals surface area contributed by atoms with Gasteiger partial charge in [-0.3, -0.25) is 18.7 Å². The molecule has 0 amide bonds. The number of rotatable bonds is 6. The number of aromatic nitrogens is 6. The SMILES string of the molecule is CCn1c(=O)[nH]c(=O)c2c1nc(Cc1cn3cc(C)sc3n1)n2Cc1ccc(OC)cc1. The lowest BCUT2D eigenvalue weighted by Gasteiger charge is -2.09. The average Bonchev–Trinajstić information content (AvgIpc) is 3.40. The molecule has 0 atom stereocenters. The number of imidazole rings is 2. The Bertz CT molecular complexity index is 1520. The summed E-state index contributed by atoms with van der Waals surface area (Å²) in [6, 6.07) is 7.67. The number of methoxy groups -OCH3 is 1. The number of hydrogen-bond donors (Lipinski definition) is 1. The predicted octanol–water partition coefficient (Wildman–Crippen LogP) is 2.57. The predicted molar refractivity (Wildman–Crippen MR) is 123 cm³/mol. The maximum absolute atomic E-state index is 12.8. The first kappa shape index (κ1) is 20.3. The van der Waals surface area contributed by atoms with E-state index in [-0.39, 0.29) is 0 Å². The van der Waals surface area contributed by atoms with Crippen LogP contribution >= 0.6 is 11.3 Å². The van der Waals surface area contributed by atoms with Crippen molar-refractivity contribution in [3.63, 3.8) is 0 Å². The zero-order valence-electron chi connectivity index (χ0n) is 18.0. The molecule has 0 spiro atoms. The lowest BCUT2D eigenvalue weighted by atomic mass is 10.2. The molecule has 9 nitrogen and oxygen atoms in total. The maximum Gasteiger partial charge on any atom is 0.330 e. The Balaban J connectivity index is 1.66. The highest BCUT2D eigenvalue weighted by Crippen LogP contribution is 2.21. The first-order valence-corrected chi connectivity index (χ1v) is 11.1. The van der Waals surface area contributed by atoms with Crippen LogP contribution in [0.25, 0.3) is 16.1 Å². The zero-order chi connectivity index (χ0) is 22.4. The van der Waals surface area contributed by atoms with Crippen LogP contribution in [-0.2, 0) is 19.5 Å². The number of benzene rings is 1. The monoisotopic (exact) mass is 450 g/mol. The Morgan fingerprint density at radius 1 is 1.09 bits per heavy atom. The van der Waals surface area contributed by atoms with Crippen LogP contribution in [0.1, 0.15) is 28.9 Å². The highest BCUT2D eigenvalue weighted by Gasteiger charge is 2.19. The summed E-state index contributed by atoms with van der Waals surface area (Å²) in [5, 5.41) is 0. The maximum atomic E-state index is 12.8. The number of nitrogens with zero attached hydrogens (tertiary/aromatic N) is 5. The largest absolute Gasteiger partial charge is 0.497 e. The van der Waals surface area contributed by atoms with Crippen molar-refractivity contribution in [3.05, 3.63) is 79.5 Å². The van der Waals surface area contributed by atoms with Crippen molar-refractivity contribution in [2.75, 3.05) is 7.11 Å². The summed E-state index contributed by atoms with van der Waals surface area (Å²) in [6.07, 6.45) is 4.46. The molecule has 0 saturated carbocycles. The van der Waals surface area contributed by atoms with E-state index in [0.717, 1.165) is 22.0 Å². The fourth-order valence-corrected chi connectivity index (χ4v) is 4.76. The van der Waals surface area contributed by atoms with Gasteiger partial charge >= 0.3 is 5.69 Å². The number of nitrogens with one attached hydrogen (secondary N) is 1. The molecule has 4 heterocycles. The second-order valence-corrected chi connectivity index (χ2v) is 8.79. The third-order valence-corrected chi connectivity index (χ3v) is 6.35. The van der Waals surface area contributed by atoms with Crippen molar-refractivity contribution in [1.29, 1.82) is 0 Å². The molecule has 0 saturated heterocycles. The quantitative estimate of drug-likeness (QED) is 0.429. The van der Waals surface area contributed by atoms with Gasteiger partial charge in [-0.05, 0) is 31.5 Å². The molecule has 0 unspecified atom stereocenters. The third kappa shape index (κ3) is 3.42. The van der Waals surface area contributed by atoms with Crippen LogP contribution in [0.2, 0.25) is 0 Å². The highest BCUT2D eigenvalue weighted by molar-refractivity contribution is 7.16. The number of ether oxygens (including phenoxy) is 1. The van der Waals surface area contributed by atoms with E-state index in [4.69, 9.17) is 14.7 Å². The van der Waals surface area contributed by atoms with E-state index in [1.165, 1.54) is 9.44 Å². The fourth-order valence-electron chi connectivity index (χ4n) is 3.94. The first-order chi connectivity index (χ1) is 15.5. The van der Waals surface area contributed by atoms with E-state index in [1.54, 1.807) is 18.4 Å². The molecule has 164 valence electrons. The molecular formula is C22H22N6O3S. The molecule has 0 aliphatic heterocycles. The van der Waals surface area contributed by atoms with Crippen LogP contribution in [0.3, 0.4) is 0 Å². The van der Waals surface area contributed by atoms with Crippen LogP contribution in [0, 0.1) is 6.92 Å². The van der Waals surface area contributed by atoms with Crippen LogP contribution in [0.5, 0.6) is 5.75 Å². The van der Waals surface area contributed by atoms with Crippen molar-refractivity contribution in [2.45, 2.75) is 33.4 Å². The van der Waals surface area contributed by atoms with Crippen molar-refractivity contribution >= 4 is 27.5 Å². The summed E-state index contributed by atoms with van der Waals surface area (Å²) in [5.41, 5.74) is 1.72. The summed E-state index contributed by atoms with van der Waals surface area (Å²) in [5.74, 6) is 1.44. The van der Waals surface area contributed by atoms with Gasteiger partial charge < -0.3 is 9.30 Å². The molecule has 32 heavy (non-hydrogen) atoms. The van der Waals surface area contributed by atoms with E-state index in [2.05, 4.69) is 4.98 Å². The van der Waals surface area contributed by atoms with Gasteiger partial charge in [0.1, 0.15) is 11.6 Å². The van der Waals surface area contributed by atoms with Gasteiger partial charge in [0.05, 0.1) is 12.8 Å². The van der Waals surface area contributed by atoms with Crippen LogP contribution < -0.4 is 16.0 Å². The van der Waals surface area contributed by atoms with Gasteiger partial charge in [-0.15, -0.1) is 11.3 Å². The second-order valence-electron chi connectivity index (χ2n) is 7.58. The zero-order valence-corrected chi connectivity index (χ0v) is 18.8. The Labute approximate surface area is 186 Å². The highest BCUT2D eigenvalue weighted by atomic mass is 32.1. The molecule has 0 bridgehead atoms. The van der Waals surface area contributed by atoms with Gasteiger partial charge in [-0.25, -0.2) is 14.8 Å². The average molecular weight is 451 g/mol. The minimum atomic E-state index is -0.455. The summed E-state index contributed by atoms with van der Waals surface area (Å²) in [4.78, 5) is 39.1. The summed E-state index contributed by atoms with van der Waals surface area (Å²) >= 11 is 1.62. The van der Waals surface area contributed by atoms with Crippen molar-refractivity contribution < 1.29 is 4.74 Å². The van der Waals surface area contributed by atoms with Gasteiger partial charge in [-0.2, -0.15) is 0 Å². The van der Waals surface area contributed by atoms with E-state index in [9.17, 15) is 9.59 Å². The number of thiazole rings is 1. The fraction of sp³-hybridized carbons (Fsp3) is 0.273. The summed E-state index contributed by atoms with van der Waals surface area (Å²) < 4.78 is 10.6. The molecule has 0 radical (unpaired) electrons. The molecule has 5 aromatic rings. The van der Waals surface area contributed by atoms with E-state index < -0.39 is 11.2 Å². The molecule has 1 N–H and O–H groups in total. The molecule has 4 aromatic heterocycles. The topological polar surface area (TPSA) is 99.2 Å². The number of aryl methyl sites for hydroxylation is 2. The standard InChI is InChI=1S/C22H22N6O3S/c1-4-27-19-18(20(29)25-21(27)30)28(11-14-5-7-16(31-3)8-6-14)17(24-19)9-15-12-26-10-13(2)32-22(26)23-15/h5-8,10,12H,4,9,11H2,1-3H3,(H,25,29,30). The summed E-state index contributed by atoms with van der Waals surface area (Å²) in [7, 11) is 1.62. The molecule has 5 rings (SSSR count). The van der Waals surface area contributed by atoms with E-state index in [0.29, 0.717) is 36.5 Å². The molecule has 0 fully saturated rings.